The van der Waals surface area contributed by atoms with Crippen LogP contribution in [0.4, 0.5) is 0 Å². The topological polar surface area (TPSA) is 74.7 Å². The molecule has 148 valence electrons. The van der Waals surface area contributed by atoms with Crippen LogP contribution < -0.4 is 72.8 Å². The van der Waals surface area contributed by atoms with Crippen molar-refractivity contribution in [2.24, 2.45) is 0 Å². The predicted molar refractivity (Wildman–Crippen MR) is 106 cm³/mol. The summed E-state index contributed by atoms with van der Waals surface area (Å²) < 4.78 is 11.4. The van der Waals surface area contributed by atoms with Gasteiger partial charge < -0.3 is 19.5 Å². The minimum Gasteiger partial charge on any atom is -0.872 e. The van der Waals surface area contributed by atoms with Gasteiger partial charge in [-0.3, -0.25) is 9.78 Å². The van der Waals surface area contributed by atoms with Crippen LogP contribution in [0.1, 0.15) is 27.5 Å². The molecule has 1 fully saturated rings. The second kappa shape index (κ2) is 10.5. The Labute approximate surface area is 224 Å². The quantitative estimate of drug-likeness (QED) is 0.502. The smallest absolute Gasteiger partial charge is 0.872 e. The van der Waals surface area contributed by atoms with Crippen LogP contribution in [0.5, 0.6) is 17.2 Å². The van der Waals surface area contributed by atoms with Crippen molar-refractivity contribution in [3.8, 4) is 17.2 Å². The van der Waals surface area contributed by atoms with Gasteiger partial charge in [-0.2, -0.15) is 0 Å². The second-order valence-corrected chi connectivity index (χ2v) is 6.97. The van der Waals surface area contributed by atoms with Crippen molar-refractivity contribution in [2.45, 2.75) is 12.5 Å². The summed E-state index contributed by atoms with van der Waals surface area (Å²) in [7, 11) is 1.62. The Morgan fingerprint density at radius 3 is 2.57 bits per heavy atom. The zero-order chi connectivity index (χ0) is 20.2. The number of likely N-dealkylation sites (tertiary alicyclic amines) is 1. The molecule has 4 rings (SSSR count). The fourth-order valence-electron chi connectivity index (χ4n) is 3.34. The Morgan fingerprint density at radius 1 is 1.10 bits per heavy atom. The van der Waals surface area contributed by atoms with Gasteiger partial charge >= 0.3 is 58.2 Å². The maximum Gasteiger partial charge on any atom is 1.00 e. The van der Waals surface area contributed by atoms with Gasteiger partial charge in [0, 0.05) is 25.2 Å². The summed E-state index contributed by atoms with van der Waals surface area (Å²) in [6.07, 6.45) is 1.37. The molecular formula is C23H21N2O4Rb. The van der Waals surface area contributed by atoms with E-state index < -0.39 is 0 Å². The average molecular weight is 475 g/mol. The van der Waals surface area contributed by atoms with Crippen LogP contribution >= 0.6 is 0 Å². The zero-order valence-corrected chi connectivity index (χ0v) is 22.0. The van der Waals surface area contributed by atoms with Crippen LogP contribution in [0.25, 0.3) is 0 Å². The summed E-state index contributed by atoms with van der Waals surface area (Å²) in [6, 6.07) is 18.4. The Morgan fingerprint density at radius 2 is 1.87 bits per heavy atom. The molecule has 1 saturated heterocycles. The van der Waals surface area contributed by atoms with Crippen molar-refractivity contribution in [3.05, 3.63) is 83.7 Å². The fourth-order valence-corrected chi connectivity index (χ4v) is 3.34. The van der Waals surface area contributed by atoms with Crippen molar-refractivity contribution >= 4 is 5.91 Å². The van der Waals surface area contributed by atoms with Crippen LogP contribution in [-0.4, -0.2) is 36.0 Å². The van der Waals surface area contributed by atoms with E-state index in [9.17, 15) is 9.90 Å². The van der Waals surface area contributed by atoms with Gasteiger partial charge in [-0.15, -0.1) is 5.75 Å². The molecule has 3 aromatic rings. The molecule has 0 spiro atoms. The summed E-state index contributed by atoms with van der Waals surface area (Å²) in [6.45, 7) is 1.63. The number of ether oxygens (including phenoxy) is 2. The number of pyridine rings is 1. The van der Waals surface area contributed by atoms with Crippen molar-refractivity contribution in [1.29, 1.82) is 0 Å². The van der Waals surface area contributed by atoms with E-state index in [0.29, 0.717) is 31.2 Å². The maximum atomic E-state index is 12.4. The molecule has 2 heterocycles. The number of aromatic nitrogens is 1. The molecule has 0 N–H and O–H groups in total. The molecule has 0 unspecified atom stereocenters. The Kier molecular flexibility index (Phi) is 8.05. The monoisotopic (exact) mass is 474 g/mol. The second-order valence-electron chi connectivity index (χ2n) is 6.97. The van der Waals surface area contributed by atoms with Crippen LogP contribution in [0.3, 0.4) is 0 Å². The third-order valence-electron chi connectivity index (χ3n) is 5.02. The zero-order valence-electron chi connectivity index (χ0n) is 17.1. The molecule has 6 nitrogen and oxygen atoms in total. The molecule has 0 aliphatic carbocycles. The molecule has 0 saturated carbocycles. The number of rotatable bonds is 6. The van der Waals surface area contributed by atoms with Gasteiger partial charge in [0.2, 0.25) is 0 Å². The Balaban J connectivity index is 0.00000256. The number of nitrogens with zero attached hydrogens (tertiary/aromatic N) is 2. The summed E-state index contributed by atoms with van der Waals surface area (Å²) in [5.74, 6) is 1.14. The van der Waals surface area contributed by atoms with Gasteiger partial charge in [-0.05, 0) is 29.3 Å². The number of hydrogen-bond acceptors (Lipinski definition) is 5. The Hall–Kier alpha value is -1.73. The van der Waals surface area contributed by atoms with Crippen LogP contribution in [-0.2, 0) is 6.61 Å². The van der Waals surface area contributed by atoms with Crippen LogP contribution in [0, 0.1) is 0 Å². The van der Waals surface area contributed by atoms with E-state index in [2.05, 4.69) is 4.98 Å². The molecule has 1 aliphatic heterocycles. The van der Waals surface area contributed by atoms with E-state index in [1.807, 2.05) is 48.5 Å². The van der Waals surface area contributed by atoms with Gasteiger partial charge in [0.15, 0.2) is 11.5 Å². The van der Waals surface area contributed by atoms with E-state index in [1.165, 1.54) is 18.3 Å². The summed E-state index contributed by atoms with van der Waals surface area (Å²) in [5.41, 5.74) is 2.37. The third kappa shape index (κ3) is 5.30. The van der Waals surface area contributed by atoms with Crippen LogP contribution in [0.15, 0.2) is 66.9 Å². The fraction of sp³-hybridized carbons (Fsp3) is 0.217. The molecule has 1 aliphatic rings. The van der Waals surface area contributed by atoms with Gasteiger partial charge in [-0.25, -0.2) is 0 Å². The third-order valence-corrected chi connectivity index (χ3v) is 5.02. The van der Waals surface area contributed by atoms with E-state index in [-0.39, 0.29) is 81.5 Å². The van der Waals surface area contributed by atoms with E-state index in [4.69, 9.17) is 9.47 Å². The SMILES string of the molecule is COc1cc(C2CN(C(=O)c3cc([O-])ccn3)C2)ccc1OCc1ccccc1.[Rb+]. The summed E-state index contributed by atoms with van der Waals surface area (Å²) in [4.78, 5) is 18.1. The number of methoxy groups -OCH3 is 1. The number of hydrogen-bond donors (Lipinski definition) is 0. The molecule has 1 amide bonds. The first kappa shape index (κ1) is 22.9. The molecule has 0 atom stereocenters. The van der Waals surface area contributed by atoms with E-state index >= 15 is 0 Å². The van der Waals surface area contributed by atoms with E-state index in [0.717, 1.165) is 11.1 Å². The summed E-state index contributed by atoms with van der Waals surface area (Å²) >= 11 is 0. The molecule has 0 radical (unpaired) electrons. The molecule has 2 aromatic carbocycles. The maximum absolute atomic E-state index is 12.4. The van der Waals surface area contributed by atoms with Gasteiger partial charge in [0.25, 0.3) is 5.91 Å². The van der Waals surface area contributed by atoms with Crippen molar-refractivity contribution in [3.63, 3.8) is 0 Å². The van der Waals surface area contributed by atoms with Gasteiger partial charge in [-0.1, -0.05) is 42.5 Å². The number of carbonyl (C=O) groups is 1. The Bertz CT molecular complexity index is 1010. The molecule has 30 heavy (non-hydrogen) atoms. The largest absolute Gasteiger partial charge is 1.00 e. The normalized spacial score (nSPS) is 13.2. The minimum absolute atomic E-state index is 0. The predicted octanol–water partition coefficient (Wildman–Crippen LogP) is -0.0136. The number of benzene rings is 2. The molecule has 7 heteroatoms. The first-order chi connectivity index (χ1) is 14.1. The summed E-state index contributed by atoms with van der Waals surface area (Å²) in [5, 5.41) is 11.4. The number of carbonyl (C=O) groups excluding carboxylic acids is 1. The van der Waals surface area contributed by atoms with E-state index in [1.54, 1.807) is 12.0 Å². The first-order valence-corrected chi connectivity index (χ1v) is 9.41. The standard InChI is InChI=1S/C23H22N2O4.Rb/c1-28-22-11-17(7-8-21(22)29-15-16-5-3-2-4-6-16)18-13-25(14-18)23(27)20-12-19(26)9-10-24-20;/h2-12,18H,13-15H2,1H3,(H,24,26);/q;+1/p-1. The van der Waals surface area contributed by atoms with Crippen molar-refractivity contribution < 1.29 is 77.6 Å². The molecular weight excluding hydrogens is 454 g/mol. The van der Waals surface area contributed by atoms with Crippen molar-refractivity contribution in [2.75, 3.05) is 20.2 Å². The minimum atomic E-state index is -0.214. The molecule has 1 aromatic heterocycles. The number of amides is 1. The van der Waals surface area contributed by atoms with Gasteiger partial charge in [0.1, 0.15) is 12.3 Å². The van der Waals surface area contributed by atoms with Gasteiger partial charge in [0.05, 0.1) is 7.11 Å². The molecule has 0 bridgehead atoms. The van der Waals surface area contributed by atoms with Crippen molar-refractivity contribution in [1.82, 2.24) is 9.88 Å². The average Bonchev–Trinajstić information content (AvgIpc) is 2.72. The van der Waals surface area contributed by atoms with Crippen LogP contribution in [0.2, 0.25) is 0 Å². The first-order valence-electron chi connectivity index (χ1n) is 9.41.